The van der Waals surface area contributed by atoms with Crippen LogP contribution in [0.25, 0.3) is 0 Å². The number of rotatable bonds is 6. The molecule has 3 N–H and O–H groups in total. The van der Waals surface area contributed by atoms with Gasteiger partial charge in [-0.05, 0) is 31.2 Å². The molecule has 1 unspecified atom stereocenters. The van der Waals surface area contributed by atoms with Crippen LogP contribution in [-0.2, 0) is 19.1 Å². The predicted octanol–water partition coefficient (Wildman–Crippen LogP) is 0.741. The second-order valence-corrected chi connectivity index (χ2v) is 6.45. The van der Waals surface area contributed by atoms with E-state index in [0.29, 0.717) is 16.2 Å². The minimum Gasteiger partial charge on any atom is -0.462 e. The topological polar surface area (TPSA) is 136 Å². The molecule has 1 fully saturated rings. The number of urea groups is 1. The highest BCUT2D eigenvalue weighted by molar-refractivity contribution is 8.01. The number of esters is 1. The fourth-order valence-corrected chi connectivity index (χ4v) is 3.18. The summed E-state index contributed by atoms with van der Waals surface area (Å²) in [6.45, 7) is 1.97. The first-order chi connectivity index (χ1) is 12.3. The Kier molecular flexibility index (Phi) is 6.34. The number of nitrogens with two attached hydrogens (primary N) is 1. The molecule has 1 saturated heterocycles. The van der Waals surface area contributed by atoms with Gasteiger partial charge in [-0.1, -0.05) is 0 Å². The number of ether oxygens (including phenoxy) is 1. The van der Waals surface area contributed by atoms with Crippen LogP contribution in [0, 0.1) is 0 Å². The third kappa shape index (κ3) is 4.60. The summed E-state index contributed by atoms with van der Waals surface area (Å²) < 4.78 is 4.86. The van der Waals surface area contributed by atoms with Gasteiger partial charge < -0.3 is 15.8 Å². The van der Waals surface area contributed by atoms with Crippen LogP contribution in [0.4, 0.5) is 10.5 Å². The molecular formula is C16H17N3O6S. The van der Waals surface area contributed by atoms with Crippen molar-refractivity contribution >= 4 is 47.2 Å². The number of imide groups is 3. The summed E-state index contributed by atoms with van der Waals surface area (Å²) in [5.41, 5.74) is 5.81. The summed E-state index contributed by atoms with van der Waals surface area (Å²) in [4.78, 5) is 58.4. The molecule has 1 aliphatic heterocycles. The normalized spacial score (nSPS) is 16.5. The van der Waals surface area contributed by atoms with E-state index in [4.69, 9.17) is 10.5 Å². The van der Waals surface area contributed by atoms with Crippen LogP contribution in [0.1, 0.15) is 23.7 Å². The maximum Gasteiger partial charge on any atom is 0.338 e. The third-order valence-corrected chi connectivity index (χ3v) is 4.62. The molecule has 1 aromatic carbocycles. The van der Waals surface area contributed by atoms with E-state index in [9.17, 15) is 24.0 Å². The lowest BCUT2D eigenvalue weighted by atomic mass is 10.2. The Morgan fingerprint density at radius 1 is 1.27 bits per heavy atom. The Morgan fingerprint density at radius 3 is 2.46 bits per heavy atom. The summed E-state index contributed by atoms with van der Waals surface area (Å²) in [7, 11) is 0. The molecule has 2 rings (SSSR count). The van der Waals surface area contributed by atoms with E-state index in [-0.39, 0.29) is 18.8 Å². The van der Waals surface area contributed by atoms with Gasteiger partial charge in [0.05, 0.1) is 23.2 Å². The lowest BCUT2D eigenvalue weighted by Gasteiger charge is -2.10. The average molecular weight is 379 g/mol. The van der Waals surface area contributed by atoms with Crippen molar-refractivity contribution in [1.29, 1.82) is 0 Å². The zero-order chi connectivity index (χ0) is 19.3. The minimum atomic E-state index is -1.12. The van der Waals surface area contributed by atoms with Gasteiger partial charge in [-0.3, -0.25) is 14.4 Å². The van der Waals surface area contributed by atoms with Gasteiger partial charge in [0.2, 0.25) is 11.8 Å². The van der Waals surface area contributed by atoms with Gasteiger partial charge in [0.25, 0.3) is 5.91 Å². The van der Waals surface area contributed by atoms with Crippen molar-refractivity contribution in [2.75, 3.05) is 17.7 Å². The fourth-order valence-electron chi connectivity index (χ4n) is 2.24. The van der Waals surface area contributed by atoms with Crippen molar-refractivity contribution in [3.8, 4) is 0 Å². The molecule has 1 aliphatic rings. The minimum absolute atomic E-state index is 0.0874. The maximum atomic E-state index is 12.0. The van der Waals surface area contributed by atoms with Gasteiger partial charge in [0.1, 0.15) is 0 Å². The first-order valence-electron chi connectivity index (χ1n) is 7.68. The van der Waals surface area contributed by atoms with Gasteiger partial charge in [-0.2, -0.15) is 4.90 Å². The summed E-state index contributed by atoms with van der Waals surface area (Å²) >= 11 is 0.953. The van der Waals surface area contributed by atoms with E-state index in [1.165, 1.54) is 12.1 Å². The SMILES string of the molecule is CCOC(=O)c1ccc(NC(=O)CSC2CC(=O)N(C(N)=O)C2=O)cc1. The van der Waals surface area contributed by atoms with E-state index in [1.54, 1.807) is 19.1 Å². The lowest BCUT2D eigenvalue weighted by molar-refractivity contribution is -0.134. The number of carbonyl (C=O) groups is 5. The van der Waals surface area contributed by atoms with Crippen molar-refractivity contribution in [2.45, 2.75) is 18.6 Å². The number of primary amides is 1. The highest BCUT2D eigenvalue weighted by Gasteiger charge is 2.42. The van der Waals surface area contributed by atoms with E-state index < -0.39 is 35.0 Å². The maximum absolute atomic E-state index is 12.0. The monoisotopic (exact) mass is 379 g/mol. The second kappa shape index (κ2) is 8.48. The molecule has 1 atom stereocenters. The van der Waals surface area contributed by atoms with Crippen molar-refractivity contribution in [3.63, 3.8) is 0 Å². The van der Waals surface area contributed by atoms with Crippen molar-refractivity contribution in [3.05, 3.63) is 29.8 Å². The number of thioether (sulfide) groups is 1. The van der Waals surface area contributed by atoms with Gasteiger partial charge in [-0.15, -0.1) is 11.8 Å². The number of nitrogens with zero attached hydrogens (tertiary/aromatic N) is 1. The lowest BCUT2D eigenvalue weighted by Crippen LogP contribution is -2.41. The van der Waals surface area contributed by atoms with Crippen LogP contribution in [-0.4, -0.2) is 52.2 Å². The van der Waals surface area contributed by atoms with E-state index in [2.05, 4.69) is 5.32 Å². The summed E-state index contributed by atoms with van der Waals surface area (Å²) in [6.07, 6.45) is -0.173. The molecule has 9 nitrogen and oxygen atoms in total. The molecule has 1 aromatic rings. The van der Waals surface area contributed by atoms with Gasteiger partial charge in [-0.25, -0.2) is 9.59 Å². The van der Waals surface area contributed by atoms with Crippen LogP contribution in [0.3, 0.4) is 0 Å². The number of hydrogen-bond acceptors (Lipinski definition) is 7. The van der Waals surface area contributed by atoms with Crippen LogP contribution in [0.15, 0.2) is 24.3 Å². The molecule has 0 radical (unpaired) electrons. The zero-order valence-corrected chi connectivity index (χ0v) is 14.7. The second-order valence-electron chi connectivity index (χ2n) is 5.26. The zero-order valence-electron chi connectivity index (χ0n) is 13.9. The molecule has 0 bridgehead atoms. The number of likely N-dealkylation sites (tertiary alicyclic amines) is 1. The Balaban J connectivity index is 1.86. The summed E-state index contributed by atoms with van der Waals surface area (Å²) in [5, 5.41) is 1.80. The molecule has 26 heavy (non-hydrogen) atoms. The molecule has 5 amide bonds. The van der Waals surface area contributed by atoms with Crippen LogP contribution >= 0.6 is 11.8 Å². The number of nitrogens with one attached hydrogen (secondary N) is 1. The van der Waals surface area contributed by atoms with E-state index in [1.807, 2.05) is 0 Å². The number of hydrogen-bond donors (Lipinski definition) is 2. The first-order valence-corrected chi connectivity index (χ1v) is 8.73. The highest BCUT2D eigenvalue weighted by atomic mass is 32.2. The van der Waals surface area contributed by atoms with Crippen molar-refractivity contribution in [1.82, 2.24) is 4.90 Å². The number of anilines is 1. The number of carbonyl (C=O) groups excluding carboxylic acids is 5. The smallest absolute Gasteiger partial charge is 0.338 e. The average Bonchev–Trinajstić information content (AvgIpc) is 2.87. The molecule has 10 heteroatoms. The van der Waals surface area contributed by atoms with Gasteiger partial charge in [0.15, 0.2) is 0 Å². The van der Waals surface area contributed by atoms with Crippen LogP contribution in [0.5, 0.6) is 0 Å². The summed E-state index contributed by atoms with van der Waals surface area (Å²) in [5.74, 6) is -2.31. The fraction of sp³-hybridized carbons (Fsp3) is 0.312. The third-order valence-electron chi connectivity index (χ3n) is 3.42. The molecular weight excluding hydrogens is 362 g/mol. The highest BCUT2D eigenvalue weighted by Crippen LogP contribution is 2.25. The largest absolute Gasteiger partial charge is 0.462 e. The Labute approximate surface area is 153 Å². The van der Waals surface area contributed by atoms with E-state index >= 15 is 0 Å². The molecule has 0 saturated carbocycles. The van der Waals surface area contributed by atoms with Crippen LogP contribution in [0.2, 0.25) is 0 Å². The number of amides is 5. The number of benzene rings is 1. The predicted molar refractivity (Wildman–Crippen MR) is 93.3 cm³/mol. The quantitative estimate of drug-likeness (QED) is 0.549. The van der Waals surface area contributed by atoms with Crippen molar-refractivity contribution < 1.29 is 28.7 Å². The Morgan fingerprint density at radius 2 is 1.92 bits per heavy atom. The van der Waals surface area contributed by atoms with Crippen molar-refractivity contribution in [2.24, 2.45) is 5.73 Å². The molecule has 0 aromatic heterocycles. The molecule has 1 heterocycles. The molecule has 138 valence electrons. The van der Waals surface area contributed by atoms with Gasteiger partial charge >= 0.3 is 12.0 Å². The molecule has 0 aliphatic carbocycles. The molecule has 0 spiro atoms. The summed E-state index contributed by atoms with van der Waals surface area (Å²) in [6, 6.07) is 5.02. The Hall–Kier alpha value is -2.88. The van der Waals surface area contributed by atoms with Crippen LogP contribution < -0.4 is 11.1 Å². The standard InChI is InChI=1S/C16H17N3O6S/c1-2-25-15(23)9-3-5-10(6-4-9)18-12(20)8-26-11-7-13(21)19(14(11)22)16(17)24/h3-6,11H,2,7-8H2,1H3,(H2,17,24)(H,18,20). The van der Waals surface area contributed by atoms with Gasteiger partial charge in [0, 0.05) is 12.1 Å². The van der Waals surface area contributed by atoms with E-state index in [0.717, 1.165) is 11.8 Å². The Bertz CT molecular complexity index is 749. The first kappa shape index (κ1) is 19.4.